The van der Waals surface area contributed by atoms with E-state index in [4.69, 9.17) is 0 Å². The maximum atomic E-state index is 12.7. The highest BCUT2D eigenvalue weighted by Crippen LogP contribution is 2.23. The highest BCUT2D eigenvalue weighted by molar-refractivity contribution is 6.08. The summed E-state index contributed by atoms with van der Waals surface area (Å²) in [5, 5.41) is 20.6. The Morgan fingerprint density at radius 2 is 1.83 bits per heavy atom. The van der Waals surface area contributed by atoms with Crippen LogP contribution in [-0.4, -0.2) is 27.2 Å². The number of H-pyrrole nitrogens is 1. The first-order valence-electron chi connectivity index (χ1n) is 7.52. The van der Waals surface area contributed by atoms with Gasteiger partial charge in [-0.3, -0.25) is 9.89 Å². The standard InChI is InChI=1S/C18H17N3O3/c1-10-15(11(2)21-20-10)16(18(23)24)19-17(22)14-9-5-7-12-6-3-4-8-13(12)14/h3-9,16H,1-2H3,(H,19,22)(H,20,21)(H,23,24)/t16-/m0/s1. The van der Waals surface area contributed by atoms with Crippen molar-refractivity contribution in [3.8, 4) is 0 Å². The number of hydrogen-bond donors (Lipinski definition) is 3. The first kappa shape index (κ1) is 15.7. The normalized spacial score (nSPS) is 12.1. The van der Waals surface area contributed by atoms with Gasteiger partial charge < -0.3 is 10.4 Å². The fourth-order valence-electron chi connectivity index (χ4n) is 2.87. The Balaban J connectivity index is 1.99. The van der Waals surface area contributed by atoms with Crippen molar-refractivity contribution in [1.29, 1.82) is 0 Å². The summed E-state index contributed by atoms with van der Waals surface area (Å²) in [5.74, 6) is -1.56. The van der Waals surface area contributed by atoms with E-state index < -0.39 is 17.9 Å². The molecule has 122 valence electrons. The Labute approximate surface area is 138 Å². The second kappa shape index (κ2) is 6.16. The first-order valence-corrected chi connectivity index (χ1v) is 7.52. The molecule has 2 aromatic carbocycles. The summed E-state index contributed by atoms with van der Waals surface area (Å²) in [6.07, 6.45) is 0. The largest absolute Gasteiger partial charge is 0.479 e. The lowest BCUT2D eigenvalue weighted by Crippen LogP contribution is -2.34. The zero-order valence-electron chi connectivity index (χ0n) is 13.3. The fourth-order valence-corrected chi connectivity index (χ4v) is 2.87. The first-order chi connectivity index (χ1) is 11.5. The minimum absolute atomic E-state index is 0.431. The number of aryl methyl sites for hydroxylation is 2. The molecule has 3 rings (SSSR count). The number of hydrogen-bond acceptors (Lipinski definition) is 3. The molecule has 3 N–H and O–H groups in total. The lowest BCUT2D eigenvalue weighted by molar-refractivity contribution is -0.139. The van der Waals surface area contributed by atoms with Gasteiger partial charge in [0.1, 0.15) is 0 Å². The van der Waals surface area contributed by atoms with Gasteiger partial charge in [-0.25, -0.2) is 4.79 Å². The molecule has 1 atom stereocenters. The van der Waals surface area contributed by atoms with E-state index in [9.17, 15) is 14.7 Å². The third-order valence-electron chi connectivity index (χ3n) is 4.03. The van der Waals surface area contributed by atoms with Crippen molar-refractivity contribution in [1.82, 2.24) is 15.5 Å². The van der Waals surface area contributed by atoms with Crippen LogP contribution in [0.1, 0.15) is 33.4 Å². The zero-order valence-corrected chi connectivity index (χ0v) is 13.3. The van der Waals surface area contributed by atoms with Gasteiger partial charge in [-0.2, -0.15) is 5.10 Å². The quantitative estimate of drug-likeness (QED) is 0.688. The van der Waals surface area contributed by atoms with Crippen LogP contribution < -0.4 is 5.32 Å². The highest BCUT2D eigenvalue weighted by Gasteiger charge is 2.28. The minimum atomic E-state index is -1.16. The average Bonchev–Trinajstić information content (AvgIpc) is 2.90. The van der Waals surface area contributed by atoms with Crippen LogP contribution in [-0.2, 0) is 4.79 Å². The number of fused-ring (bicyclic) bond motifs is 1. The van der Waals surface area contributed by atoms with E-state index in [0.29, 0.717) is 22.5 Å². The van der Waals surface area contributed by atoms with Crippen LogP contribution in [0, 0.1) is 13.8 Å². The van der Waals surface area contributed by atoms with Gasteiger partial charge >= 0.3 is 5.97 Å². The third kappa shape index (κ3) is 2.74. The van der Waals surface area contributed by atoms with E-state index in [1.165, 1.54) is 0 Å². The highest BCUT2D eigenvalue weighted by atomic mass is 16.4. The van der Waals surface area contributed by atoms with E-state index in [1.807, 2.05) is 30.3 Å². The Bertz CT molecular complexity index is 905. The summed E-state index contributed by atoms with van der Waals surface area (Å²) >= 11 is 0. The van der Waals surface area contributed by atoms with Crippen molar-refractivity contribution in [3.05, 3.63) is 65.0 Å². The Kier molecular flexibility index (Phi) is 4.04. The smallest absolute Gasteiger partial charge is 0.331 e. The molecular weight excluding hydrogens is 306 g/mol. The summed E-state index contributed by atoms with van der Waals surface area (Å²) in [6, 6.07) is 11.7. The molecule has 1 amide bonds. The summed E-state index contributed by atoms with van der Waals surface area (Å²) in [7, 11) is 0. The molecule has 3 aromatic rings. The van der Waals surface area contributed by atoms with Crippen molar-refractivity contribution in [2.75, 3.05) is 0 Å². The van der Waals surface area contributed by atoms with Gasteiger partial charge in [-0.05, 0) is 30.7 Å². The van der Waals surface area contributed by atoms with Crippen LogP contribution in [0.25, 0.3) is 10.8 Å². The molecule has 6 heteroatoms. The number of aromatic amines is 1. The summed E-state index contributed by atoms with van der Waals surface area (Å²) in [6.45, 7) is 3.44. The van der Waals surface area contributed by atoms with Crippen LogP contribution in [0.4, 0.5) is 0 Å². The predicted molar refractivity (Wildman–Crippen MR) is 89.9 cm³/mol. The van der Waals surface area contributed by atoms with Crippen molar-refractivity contribution in [2.45, 2.75) is 19.9 Å². The fraction of sp³-hybridized carbons (Fsp3) is 0.167. The van der Waals surface area contributed by atoms with Crippen LogP contribution >= 0.6 is 0 Å². The molecule has 0 bridgehead atoms. The molecule has 0 aliphatic rings. The number of aromatic nitrogens is 2. The number of aliphatic carboxylic acids is 1. The summed E-state index contributed by atoms with van der Waals surface area (Å²) < 4.78 is 0. The Morgan fingerprint density at radius 1 is 1.12 bits per heavy atom. The zero-order chi connectivity index (χ0) is 17.3. The molecule has 0 spiro atoms. The minimum Gasteiger partial charge on any atom is -0.479 e. The molecule has 1 aromatic heterocycles. The maximum absolute atomic E-state index is 12.7. The molecule has 0 saturated heterocycles. The molecule has 0 unspecified atom stereocenters. The summed E-state index contributed by atoms with van der Waals surface area (Å²) in [4.78, 5) is 24.4. The number of carboxylic acids is 1. The number of benzene rings is 2. The van der Waals surface area contributed by atoms with Crippen LogP contribution in [0.5, 0.6) is 0 Å². The number of carbonyl (C=O) groups excluding carboxylic acids is 1. The van der Waals surface area contributed by atoms with Crippen molar-refractivity contribution in [3.63, 3.8) is 0 Å². The second-order valence-corrected chi connectivity index (χ2v) is 5.62. The summed E-state index contributed by atoms with van der Waals surface area (Å²) in [5.41, 5.74) is 2.10. The SMILES string of the molecule is Cc1n[nH]c(C)c1[C@H](NC(=O)c1cccc2ccccc12)C(=O)O. The van der Waals surface area contributed by atoms with E-state index in [1.54, 1.807) is 26.0 Å². The number of amides is 1. The maximum Gasteiger partial charge on any atom is 0.331 e. The number of carbonyl (C=O) groups is 2. The van der Waals surface area contributed by atoms with Crippen LogP contribution in [0.3, 0.4) is 0 Å². The van der Waals surface area contributed by atoms with Gasteiger partial charge in [0.15, 0.2) is 6.04 Å². The Hall–Kier alpha value is -3.15. The third-order valence-corrected chi connectivity index (χ3v) is 4.03. The van der Waals surface area contributed by atoms with E-state index in [0.717, 1.165) is 10.8 Å². The molecule has 1 heterocycles. The van der Waals surface area contributed by atoms with Crippen molar-refractivity contribution < 1.29 is 14.7 Å². The molecule has 6 nitrogen and oxygen atoms in total. The number of nitrogens with one attached hydrogen (secondary N) is 2. The molecule has 24 heavy (non-hydrogen) atoms. The molecule has 0 fully saturated rings. The second-order valence-electron chi connectivity index (χ2n) is 5.62. The number of carboxylic acid groups (broad SMARTS) is 1. The van der Waals surface area contributed by atoms with Gasteiger partial charge in [0, 0.05) is 16.8 Å². The Morgan fingerprint density at radius 3 is 2.50 bits per heavy atom. The van der Waals surface area contributed by atoms with Crippen molar-refractivity contribution in [2.24, 2.45) is 0 Å². The lowest BCUT2D eigenvalue weighted by atomic mass is 10.0. The van der Waals surface area contributed by atoms with E-state index in [-0.39, 0.29) is 0 Å². The van der Waals surface area contributed by atoms with Gasteiger partial charge in [-0.15, -0.1) is 0 Å². The van der Waals surface area contributed by atoms with E-state index in [2.05, 4.69) is 15.5 Å². The molecule has 0 radical (unpaired) electrons. The topological polar surface area (TPSA) is 95.1 Å². The average molecular weight is 323 g/mol. The van der Waals surface area contributed by atoms with Crippen LogP contribution in [0.2, 0.25) is 0 Å². The van der Waals surface area contributed by atoms with Crippen LogP contribution in [0.15, 0.2) is 42.5 Å². The lowest BCUT2D eigenvalue weighted by Gasteiger charge is -2.16. The molecule has 0 aliphatic carbocycles. The van der Waals surface area contributed by atoms with Gasteiger partial charge in [0.25, 0.3) is 5.91 Å². The van der Waals surface area contributed by atoms with E-state index >= 15 is 0 Å². The number of rotatable bonds is 4. The number of nitrogens with zero attached hydrogens (tertiary/aromatic N) is 1. The molecule has 0 saturated carbocycles. The molecular formula is C18H17N3O3. The monoisotopic (exact) mass is 323 g/mol. The van der Waals surface area contributed by atoms with Gasteiger partial charge in [0.2, 0.25) is 0 Å². The van der Waals surface area contributed by atoms with Gasteiger partial charge in [0.05, 0.1) is 5.69 Å². The van der Waals surface area contributed by atoms with Gasteiger partial charge in [-0.1, -0.05) is 36.4 Å². The predicted octanol–water partition coefficient (Wildman–Crippen LogP) is 2.74. The molecule has 0 aliphatic heterocycles. The van der Waals surface area contributed by atoms with Crippen molar-refractivity contribution >= 4 is 22.6 Å².